The number of nitrogens with two attached hydrogens (primary N) is 1. The molecule has 0 bridgehead atoms. The van der Waals surface area contributed by atoms with Crippen LogP contribution in [0.5, 0.6) is 0 Å². The first-order valence-electron chi connectivity index (χ1n) is 12.9. The van der Waals surface area contributed by atoms with Crippen LogP contribution in [0.3, 0.4) is 0 Å². The molecule has 1 aromatic heterocycles. The number of alkyl halides is 1. The Hall–Kier alpha value is -4.52. The van der Waals surface area contributed by atoms with Gasteiger partial charge in [-0.05, 0) is 62.1 Å². The van der Waals surface area contributed by atoms with E-state index in [-0.39, 0.29) is 30.0 Å². The van der Waals surface area contributed by atoms with Crippen molar-refractivity contribution in [1.82, 2.24) is 10.3 Å². The summed E-state index contributed by atoms with van der Waals surface area (Å²) < 4.78 is 65.8. The van der Waals surface area contributed by atoms with Crippen molar-refractivity contribution in [2.75, 3.05) is 36.0 Å². The Morgan fingerprint density at radius 3 is 2.29 bits per heavy atom. The number of aromatic nitrogens is 1. The number of nitrogens with zero attached hydrogens (tertiary/aromatic N) is 3. The van der Waals surface area contributed by atoms with Gasteiger partial charge in [0.1, 0.15) is 5.69 Å². The van der Waals surface area contributed by atoms with Gasteiger partial charge in [0.25, 0.3) is 0 Å². The fourth-order valence-electron chi connectivity index (χ4n) is 4.29. The summed E-state index contributed by atoms with van der Waals surface area (Å²) in [5, 5.41) is 6.53. The normalized spacial score (nSPS) is 11.6. The van der Waals surface area contributed by atoms with Gasteiger partial charge >= 0.3 is 0 Å². The predicted octanol–water partition coefficient (Wildman–Crippen LogP) is 5.32. The molecule has 3 aromatic rings. The molecule has 0 saturated heterocycles. The van der Waals surface area contributed by atoms with E-state index in [1.54, 1.807) is 30.6 Å². The fourth-order valence-corrected chi connectivity index (χ4v) is 4.29. The van der Waals surface area contributed by atoms with E-state index in [9.17, 15) is 31.5 Å². The van der Waals surface area contributed by atoms with E-state index in [2.05, 4.69) is 15.6 Å². The van der Waals surface area contributed by atoms with Gasteiger partial charge in [-0.3, -0.25) is 24.0 Å². The molecule has 8 nitrogen and oxygen atoms in total. The third-order valence-corrected chi connectivity index (χ3v) is 6.30. The first kappa shape index (κ1) is 33.7. The summed E-state index contributed by atoms with van der Waals surface area (Å²) in [6.45, 7) is 0.204. The monoisotopic (exact) mass is 592 g/mol. The zero-order valence-corrected chi connectivity index (χ0v) is 23.2. The summed E-state index contributed by atoms with van der Waals surface area (Å²) in [5.74, 6) is 1.98. The molecule has 2 aromatic carbocycles. The average molecular weight is 593 g/mol. The molecule has 0 aliphatic carbocycles. The molecule has 226 valence electrons. The molecule has 3 rings (SSSR count). The molecule has 0 saturated carbocycles. The molecule has 1 unspecified atom stereocenters. The minimum absolute atomic E-state index is 0.204. The number of allylic oxidation sites excluding steroid dienone is 1. The Balaban J connectivity index is 0.00000301. The summed E-state index contributed by atoms with van der Waals surface area (Å²) in [7, 11) is 2.03. The molecule has 4 N–H and O–H groups in total. The number of benzene rings is 2. The van der Waals surface area contributed by atoms with Crippen LogP contribution in [0.15, 0.2) is 60.9 Å². The molecule has 0 fully saturated rings. The van der Waals surface area contributed by atoms with Gasteiger partial charge in [-0.1, -0.05) is 6.08 Å². The number of unbranched alkanes of at least 4 members (excludes halogenated alkanes) is 1. The van der Waals surface area contributed by atoms with Crippen LogP contribution in [0.2, 0.25) is 0 Å². The maximum atomic E-state index is 14.8. The lowest BCUT2D eigenvalue weighted by Crippen LogP contribution is -2.37. The van der Waals surface area contributed by atoms with Gasteiger partial charge in [0.15, 0.2) is 23.3 Å². The molecule has 0 radical (unpaired) electrons. The summed E-state index contributed by atoms with van der Waals surface area (Å²) in [5.41, 5.74) is 1.38. The third-order valence-electron chi connectivity index (χ3n) is 6.30. The summed E-state index contributed by atoms with van der Waals surface area (Å²) in [4.78, 5) is 28.1. The van der Waals surface area contributed by atoms with E-state index in [4.69, 9.17) is 5.84 Å². The Labute approximate surface area is 241 Å². The smallest absolute Gasteiger partial charge is 0.214 e. The van der Waals surface area contributed by atoms with Crippen LogP contribution >= 0.6 is 0 Å². The number of anilines is 3. The van der Waals surface area contributed by atoms with Crippen molar-refractivity contribution in [3.05, 3.63) is 89.8 Å². The summed E-state index contributed by atoms with van der Waals surface area (Å²) in [6, 6.07) is 8.43. The van der Waals surface area contributed by atoms with Gasteiger partial charge in [-0.15, -0.1) is 0 Å². The van der Waals surface area contributed by atoms with Gasteiger partial charge < -0.3 is 15.5 Å². The minimum atomic E-state index is -1.17. The molecule has 42 heavy (non-hydrogen) atoms. The lowest BCUT2D eigenvalue weighted by atomic mass is 10.0. The molecule has 2 amide bonds. The van der Waals surface area contributed by atoms with Crippen molar-refractivity contribution in [3.8, 4) is 0 Å². The highest BCUT2D eigenvalue weighted by atomic mass is 19.2. The van der Waals surface area contributed by atoms with Crippen LogP contribution < -0.4 is 26.4 Å². The second-order valence-corrected chi connectivity index (χ2v) is 8.76. The van der Waals surface area contributed by atoms with E-state index >= 15 is 0 Å². The zero-order chi connectivity index (χ0) is 31.1. The van der Waals surface area contributed by atoms with Gasteiger partial charge in [-0.2, -0.15) is 0 Å². The number of carbonyl (C=O) groups excluding carboxylic acids is 2. The lowest BCUT2D eigenvalue weighted by Gasteiger charge is -2.30. The van der Waals surface area contributed by atoms with Crippen molar-refractivity contribution in [3.63, 3.8) is 0 Å². The molecule has 1 heterocycles. The number of amides is 2. The summed E-state index contributed by atoms with van der Waals surface area (Å²) in [6.07, 6.45) is 7.40. The van der Waals surface area contributed by atoms with Gasteiger partial charge in [0.2, 0.25) is 12.8 Å². The number of halogens is 5. The third kappa shape index (κ3) is 8.74. The first-order valence-corrected chi connectivity index (χ1v) is 12.9. The number of pyridine rings is 1. The molecule has 1 atom stereocenters. The van der Waals surface area contributed by atoms with Gasteiger partial charge in [-0.25, -0.2) is 23.4 Å². The maximum Gasteiger partial charge on any atom is 0.214 e. The van der Waals surface area contributed by atoms with E-state index in [1.807, 2.05) is 0 Å². The number of carbonyl (C=O) groups is 2. The Bertz CT molecular complexity index is 1330. The average Bonchev–Trinajstić information content (AvgIpc) is 3.01. The number of hydrazine groups is 1. The van der Waals surface area contributed by atoms with Crippen molar-refractivity contribution >= 4 is 35.6 Å². The standard InChI is InChI=1S/C28H30F4N6O2.CH3F/c1-34-25-9-8-23(30)27(32)28(25)37(18-40)20(12-15-36-17-39)4-2-3-5-26(19-10-13-35-14-11-19)38(33)21-6-7-22(29)24(31)16-21;1-2/h5-11,13-14,16-18,20,34H,2-4,12,15,33H2,1H3,(H,36,39);1H3/b26-5-;. The molecule has 13 heteroatoms. The number of rotatable bonds is 15. The summed E-state index contributed by atoms with van der Waals surface area (Å²) >= 11 is 0. The topological polar surface area (TPSA) is 104 Å². The van der Waals surface area contributed by atoms with Gasteiger partial charge in [0, 0.05) is 43.7 Å². The first-order chi connectivity index (χ1) is 20.3. The van der Waals surface area contributed by atoms with Crippen molar-refractivity contribution in [2.24, 2.45) is 5.84 Å². The second-order valence-electron chi connectivity index (χ2n) is 8.76. The van der Waals surface area contributed by atoms with Crippen LogP contribution in [0.25, 0.3) is 5.70 Å². The van der Waals surface area contributed by atoms with Crippen LogP contribution in [0.1, 0.15) is 31.2 Å². The SMILES string of the molecule is CF.CNc1ccc(F)c(F)c1N(C=O)C(CCC/C=C(/c1ccncc1)N(N)c1ccc(F)c(F)c1)CCNC=O. The molecular weight excluding hydrogens is 559 g/mol. The quantitative estimate of drug-likeness (QED) is 0.0726. The second kappa shape index (κ2) is 17.3. The Morgan fingerprint density at radius 2 is 1.67 bits per heavy atom. The highest BCUT2D eigenvalue weighted by molar-refractivity contribution is 5.84. The highest BCUT2D eigenvalue weighted by Crippen LogP contribution is 2.33. The largest absolute Gasteiger partial charge is 0.386 e. The van der Waals surface area contributed by atoms with E-state index in [1.165, 1.54) is 24.2 Å². The Morgan fingerprint density at radius 1 is 0.976 bits per heavy atom. The van der Waals surface area contributed by atoms with Crippen LogP contribution in [0, 0.1) is 23.3 Å². The molecule has 0 aliphatic rings. The molecular formula is C29H33F5N6O2. The van der Waals surface area contributed by atoms with Crippen LogP contribution in [-0.2, 0) is 9.59 Å². The van der Waals surface area contributed by atoms with E-state index in [0.717, 1.165) is 23.1 Å². The number of nitrogens with one attached hydrogen (secondary N) is 2. The number of hydrogen-bond donors (Lipinski definition) is 3. The molecule has 0 spiro atoms. The van der Waals surface area contributed by atoms with Gasteiger partial charge in [0.05, 0.1) is 24.2 Å². The van der Waals surface area contributed by atoms with Crippen molar-refractivity contribution in [1.29, 1.82) is 0 Å². The van der Waals surface area contributed by atoms with Crippen LogP contribution in [0.4, 0.5) is 39.0 Å². The van der Waals surface area contributed by atoms with Crippen molar-refractivity contribution < 1.29 is 31.5 Å². The Kier molecular flexibility index (Phi) is 13.9. The lowest BCUT2D eigenvalue weighted by molar-refractivity contribution is -0.109. The molecule has 0 aliphatic heterocycles. The zero-order valence-electron chi connectivity index (χ0n) is 23.2. The van der Waals surface area contributed by atoms with E-state index < -0.39 is 29.3 Å². The van der Waals surface area contributed by atoms with Crippen molar-refractivity contribution in [2.45, 2.75) is 31.7 Å². The van der Waals surface area contributed by atoms with Crippen LogP contribution in [-0.4, -0.2) is 44.6 Å². The maximum absolute atomic E-state index is 14.8. The minimum Gasteiger partial charge on any atom is -0.386 e. The fraction of sp³-hybridized carbons (Fsp3) is 0.276. The van der Waals surface area contributed by atoms with E-state index in [0.29, 0.717) is 50.5 Å². The number of hydrogen-bond acceptors (Lipinski definition) is 6. The highest BCUT2D eigenvalue weighted by Gasteiger charge is 2.25. The predicted molar refractivity (Wildman–Crippen MR) is 153 cm³/mol.